The van der Waals surface area contributed by atoms with Crippen LogP contribution in [0.5, 0.6) is 0 Å². The maximum absolute atomic E-state index is 10.8. The number of benzene rings is 3. The lowest BCUT2D eigenvalue weighted by Gasteiger charge is -2.27. The molecule has 1 unspecified atom stereocenters. The van der Waals surface area contributed by atoms with E-state index < -0.39 is 0 Å². The summed E-state index contributed by atoms with van der Waals surface area (Å²) in [5.41, 5.74) is 3.60. The second-order valence-corrected chi connectivity index (χ2v) is 6.62. The highest BCUT2D eigenvalue weighted by Gasteiger charge is 2.20. The maximum atomic E-state index is 10.8. The summed E-state index contributed by atoms with van der Waals surface area (Å²) in [4.78, 5) is 10.5. The molecule has 0 aliphatic heterocycles. The van der Waals surface area contributed by atoms with E-state index in [9.17, 15) is 10.1 Å². The van der Waals surface area contributed by atoms with Crippen molar-refractivity contribution >= 4 is 27.7 Å². The molecule has 4 nitrogen and oxygen atoms in total. The maximum Gasteiger partial charge on any atom is 0.269 e. The molecule has 26 heavy (non-hydrogen) atoms. The number of nitrogens with zero attached hydrogens (tertiary/aromatic N) is 1. The van der Waals surface area contributed by atoms with Gasteiger partial charge < -0.3 is 5.32 Å². The number of hydrogen-bond donors (Lipinski definition) is 1. The van der Waals surface area contributed by atoms with Crippen molar-refractivity contribution in [2.24, 2.45) is 0 Å². The van der Waals surface area contributed by atoms with Gasteiger partial charge in [0.1, 0.15) is 0 Å². The molecule has 0 spiro atoms. The van der Waals surface area contributed by atoms with Crippen LogP contribution in [-0.4, -0.2) is 11.0 Å². The average molecular weight is 344 g/mol. The number of nitro groups is 1. The lowest BCUT2D eigenvalue weighted by Crippen LogP contribution is -2.23. The molecular formula is C22H20N2O2. The van der Waals surface area contributed by atoms with Crippen molar-refractivity contribution in [3.05, 3.63) is 88.5 Å². The van der Waals surface area contributed by atoms with Crippen LogP contribution in [0.4, 0.5) is 11.4 Å². The molecule has 1 aliphatic rings. The summed E-state index contributed by atoms with van der Waals surface area (Å²) in [6.45, 7) is 0. The van der Waals surface area contributed by atoms with Crippen molar-refractivity contribution in [3.8, 4) is 0 Å². The van der Waals surface area contributed by atoms with E-state index in [0.29, 0.717) is 0 Å². The first-order valence-electron chi connectivity index (χ1n) is 8.91. The fourth-order valence-electron chi connectivity index (χ4n) is 3.68. The largest absolute Gasteiger partial charge is 0.378 e. The van der Waals surface area contributed by atoms with Gasteiger partial charge in [0.25, 0.3) is 5.69 Å². The fraction of sp³-hybridized carbons (Fsp3) is 0.182. The summed E-state index contributed by atoms with van der Waals surface area (Å²) >= 11 is 0. The summed E-state index contributed by atoms with van der Waals surface area (Å²) in [5.74, 6) is 0. The lowest BCUT2D eigenvalue weighted by atomic mass is 9.86. The highest BCUT2D eigenvalue weighted by Crippen LogP contribution is 2.34. The van der Waals surface area contributed by atoms with Crippen molar-refractivity contribution in [3.63, 3.8) is 0 Å². The molecule has 130 valence electrons. The van der Waals surface area contributed by atoms with Crippen LogP contribution < -0.4 is 5.32 Å². The van der Waals surface area contributed by atoms with Crippen LogP contribution >= 0.6 is 0 Å². The van der Waals surface area contributed by atoms with Gasteiger partial charge in [-0.1, -0.05) is 48.5 Å². The van der Waals surface area contributed by atoms with Gasteiger partial charge in [0, 0.05) is 17.8 Å². The molecule has 0 fully saturated rings. The molecule has 3 aromatic carbocycles. The van der Waals surface area contributed by atoms with E-state index in [1.165, 1.54) is 21.9 Å². The van der Waals surface area contributed by atoms with E-state index in [0.717, 1.165) is 24.9 Å². The third kappa shape index (κ3) is 3.18. The minimum absolute atomic E-state index is 0.115. The smallest absolute Gasteiger partial charge is 0.269 e. The second kappa shape index (κ2) is 7.00. The van der Waals surface area contributed by atoms with E-state index in [2.05, 4.69) is 53.9 Å². The highest BCUT2D eigenvalue weighted by atomic mass is 16.6. The molecule has 1 atom stereocenters. The molecule has 0 saturated heterocycles. The normalized spacial score (nSPS) is 16.9. The van der Waals surface area contributed by atoms with E-state index in [1.54, 1.807) is 24.3 Å². The minimum atomic E-state index is -0.369. The lowest BCUT2D eigenvalue weighted by molar-refractivity contribution is -0.384. The Balaban J connectivity index is 1.66. The van der Waals surface area contributed by atoms with Crippen LogP contribution in [0.1, 0.15) is 24.8 Å². The number of allylic oxidation sites excluding steroid dienone is 1. The molecule has 4 rings (SSSR count). The van der Waals surface area contributed by atoms with Crippen LogP contribution in [0.3, 0.4) is 0 Å². The zero-order chi connectivity index (χ0) is 17.9. The van der Waals surface area contributed by atoms with Gasteiger partial charge >= 0.3 is 0 Å². The summed E-state index contributed by atoms with van der Waals surface area (Å²) in [6.07, 6.45) is 5.59. The SMILES string of the molecule is O=[N+]([O-])c1ccc(NC2CCCC=C2c2cccc3ccccc23)cc1. The molecule has 0 heterocycles. The Hall–Kier alpha value is -3.14. The predicted molar refractivity (Wildman–Crippen MR) is 106 cm³/mol. The summed E-state index contributed by atoms with van der Waals surface area (Å²) in [5, 5.41) is 16.9. The number of fused-ring (bicyclic) bond motifs is 1. The summed E-state index contributed by atoms with van der Waals surface area (Å²) in [7, 11) is 0. The van der Waals surface area contributed by atoms with Crippen molar-refractivity contribution in [2.75, 3.05) is 5.32 Å². The van der Waals surface area contributed by atoms with Crippen molar-refractivity contribution in [1.82, 2.24) is 0 Å². The fourth-order valence-corrected chi connectivity index (χ4v) is 3.68. The van der Waals surface area contributed by atoms with Crippen molar-refractivity contribution in [2.45, 2.75) is 25.3 Å². The monoisotopic (exact) mass is 344 g/mol. The average Bonchev–Trinajstić information content (AvgIpc) is 2.68. The molecule has 3 aromatic rings. The Morgan fingerprint density at radius 1 is 0.962 bits per heavy atom. The Morgan fingerprint density at radius 3 is 2.54 bits per heavy atom. The van der Waals surface area contributed by atoms with E-state index >= 15 is 0 Å². The van der Waals surface area contributed by atoms with Gasteiger partial charge in [-0.05, 0) is 53.3 Å². The standard InChI is InChI=1S/C22H20N2O2/c25-24(26)18-14-12-17(13-15-18)23-22-11-4-3-9-21(22)20-10-5-7-16-6-1-2-8-19(16)20/h1-2,5-10,12-15,22-23H,3-4,11H2. The summed E-state index contributed by atoms with van der Waals surface area (Å²) in [6, 6.07) is 21.8. The minimum Gasteiger partial charge on any atom is -0.378 e. The van der Waals surface area contributed by atoms with E-state index in [-0.39, 0.29) is 16.7 Å². The van der Waals surface area contributed by atoms with Crippen LogP contribution in [0, 0.1) is 10.1 Å². The topological polar surface area (TPSA) is 55.2 Å². The Kier molecular flexibility index (Phi) is 4.40. The third-order valence-corrected chi connectivity index (χ3v) is 4.96. The molecule has 0 saturated carbocycles. The Bertz CT molecular complexity index is 972. The van der Waals surface area contributed by atoms with Gasteiger partial charge in [-0.3, -0.25) is 10.1 Å². The summed E-state index contributed by atoms with van der Waals surface area (Å²) < 4.78 is 0. The number of rotatable bonds is 4. The van der Waals surface area contributed by atoms with Gasteiger partial charge in [-0.25, -0.2) is 0 Å². The molecule has 1 N–H and O–H groups in total. The molecule has 0 amide bonds. The number of hydrogen-bond acceptors (Lipinski definition) is 3. The van der Waals surface area contributed by atoms with Gasteiger partial charge in [0.05, 0.1) is 11.0 Å². The van der Waals surface area contributed by atoms with Crippen LogP contribution in [0.15, 0.2) is 72.8 Å². The first-order valence-corrected chi connectivity index (χ1v) is 8.91. The van der Waals surface area contributed by atoms with Gasteiger partial charge in [0.15, 0.2) is 0 Å². The quantitative estimate of drug-likeness (QED) is 0.481. The molecule has 0 bridgehead atoms. The molecule has 0 aromatic heterocycles. The molecule has 1 aliphatic carbocycles. The Labute approximate surface area is 152 Å². The highest BCUT2D eigenvalue weighted by molar-refractivity contribution is 5.95. The first-order chi connectivity index (χ1) is 12.7. The third-order valence-electron chi connectivity index (χ3n) is 4.96. The number of anilines is 1. The number of non-ortho nitro benzene ring substituents is 1. The zero-order valence-electron chi connectivity index (χ0n) is 14.4. The Morgan fingerprint density at radius 2 is 1.73 bits per heavy atom. The molecular weight excluding hydrogens is 324 g/mol. The molecule has 0 radical (unpaired) electrons. The van der Waals surface area contributed by atoms with E-state index in [1.807, 2.05) is 0 Å². The van der Waals surface area contributed by atoms with Gasteiger partial charge in [0.2, 0.25) is 0 Å². The zero-order valence-corrected chi connectivity index (χ0v) is 14.4. The van der Waals surface area contributed by atoms with Crippen LogP contribution in [0.25, 0.3) is 16.3 Å². The number of nitro benzene ring substituents is 1. The van der Waals surface area contributed by atoms with Gasteiger partial charge in [-0.2, -0.15) is 0 Å². The van der Waals surface area contributed by atoms with Crippen LogP contribution in [0.2, 0.25) is 0 Å². The van der Waals surface area contributed by atoms with E-state index in [4.69, 9.17) is 0 Å². The van der Waals surface area contributed by atoms with Crippen LogP contribution in [-0.2, 0) is 0 Å². The first kappa shape index (κ1) is 16.3. The predicted octanol–water partition coefficient (Wildman–Crippen LogP) is 5.80. The number of nitrogens with one attached hydrogen (secondary N) is 1. The van der Waals surface area contributed by atoms with Gasteiger partial charge in [-0.15, -0.1) is 0 Å². The van der Waals surface area contributed by atoms with Crippen molar-refractivity contribution in [1.29, 1.82) is 0 Å². The second-order valence-electron chi connectivity index (χ2n) is 6.62. The molecule has 4 heteroatoms. The van der Waals surface area contributed by atoms with Crippen molar-refractivity contribution < 1.29 is 4.92 Å².